The van der Waals surface area contributed by atoms with Crippen molar-refractivity contribution in [3.05, 3.63) is 66.0 Å². The van der Waals surface area contributed by atoms with Crippen LogP contribution in [0.5, 0.6) is 0 Å². The summed E-state index contributed by atoms with van der Waals surface area (Å²) in [7, 11) is 0. The van der Waals surface area contributed by atoms with E-state index in [9.17, 15) is 9.59 Å². The Hall–Kier alpha value is -3.41. The van der Waals surface area contributed by atoms with Gasteiger partial charge in [0.05, 0.1) is 6.54 Å². The molecule has 0 unspecified atom stereocenters. The van der Waals surface area contributed by atoms with Gasteiger partial charge in [-0.05, 0) is 41.0 Å². The highest BCUT2D eigenvalue weighted by Crippen LogP contribution is 2.31. The van der Waals surface area contributed by atoms with Gasteiger partial charge in [-0.1, -0.05) is 30.3 Å². The van der Waals surface area contributed by atoms with Crippen molar-refractivity contribution in [1.82, 2.24) is 15.2 Å². The molecule has 3 aromatic rings. The molecule has 1 fully saturated rings. The van der Waals surface area contributed by atoms with Crippen molar-refractivity contribution in [2.45, 2.75) is 6.92 Å². The number of amides is 2. The molecule has 0 spiro atoms. The number of aryl methyl sites for hydroxylation is 1. The fourth-order valence-electron chi connectivity index (χ4n) is 3.52. The first-order chi connectivity index (χ1) is 13.6. The van der Waals surface area contributed by atoms with E-state index in [-0.39, 0.29) is 12.0 Å². The molecule has 142 valence electrons. The fraction of sp³-hybridized carbons (Fsp3) is 0.227. The van der Waals surface area contributed by atoms with Crippen LogP contribution in [0.1, 0.15) is 15.9 Å². The van der Waals surface area contributed by atoms with Crippen LogP contribution < -0.4 is 5.32 Å². The topological polar surface area (TPSA) is 71.5 Å². The molecule has 1 aliphatic rings. The van der Waals surface area contributed by atoms with E-state index in [0.717, 1.165) is 27.5 Å². The van der Waals surface area contributed by atoms with Crippen LogP contribution in [0.2, 0.25) is 0 Å². The van der Waals surface area contributed by atoms with Gasteiger partial charge < -0.3 is 15.0 Å². The minimum absolute atomic E-state index is 0.154. The van der Waals surface area contributed by atoms with Crippen LogP contribution in [0.15, 0.2) is 54.9 Å². The normalized spacial score (nSPS) is 13.6. The number of hydrogen-bond donors (Lipinski definition) is 1. The Balaban J connectivity index is 1.60. The summed E-state index contributed by atoms with van der Waals surface area (Å²) in [4.78, 5) is 30.1. The highest BCUT2D eigenvalue weighted by atomic mass is 16.6. The van der Waals surface area contributed by atoms with E-state index in [1.165, 1.54) is 0 Å². The van der Waals surface area contributed by atoms with Gasteiger partial charge >= 0.3 is 6.09 Å². The predicted molar refractivity (Wildman–Crippen MR) is 107 cm³/mol. The van der Waals surface area contributed by atoms with Crippen LogP contribution in [0.25, 0.3) is 21.9 Å². The second-order valence-corrected chi connectivity index (χ2v) is 6.75. The maximum Gasteiger partial charge on any atom is 0.409 e. The lowest BCUT2D eigenvalue weighted by atomic mass is 9.94. The minimum atomic E-state index is -0.323. The predicted octanol–water partition coefficient (Wildman–Crippen LogP) is 3.39. The number of benzene rings is 2. The van der Waals surface area contributed by atoms with Gasteiger partial charge in [-0.2, -0.15) is 0 Å². The molecular weight excluding hydrogens is 354 g/mol. The van der Waals surface area contributed by atoms with Gasteiger partial charge in [-0.3, -0.25) is 9.78 Å². The van der Waals surface area contributed by atoms with Gasteiger partial charge in [-0.15, -0.1) is 0 Å². The molecular formula is C22H21N3O3. The standard InChI is InChI=1S/C22H21N3O3/c1-15-8-9-23-14-20(15)18-6-2-5-17-16(18)4-3-7-19(17)21(26)24-10-11-25-12-13-28-22(25)27/h2-9,14H,10-13H2,1H3,(H,24,26). The number of fused-ring (bicyclic) bond motifs is 1. The number of ether oxygens (including phenoxy) is 1. The number of aromatic nitrogens is 1. The zero-order valence-electron chi connectivity index (χ0n) is 15.6. The van der Waals surface area contributed by atoms with Crippen LogP contribution in [0.4, 0.5) is 4.79 Å². The Bertz CT molecular complexity index is 1050. The maximum atomic E-state index is 12.8. The minimum Gasteiger partial charge on any atom is -0.448 e. The molecule has 28 heavy (non-hydrogen) atoms. The summed E-state index contributed by atoms with van der Waals surface area (Å²) in [6.07, 6.45) is 3.31. The van der Waals surface area contributed by atoms with Crippen molar-refractivity contribution in [3.8, 4) is 11.1 Å². The highest BCUT2D eigenvalue weighted by Gasteiger charge is 2.21. The average Bonchev–Trinajstić information content (AvgIpc) is 3.12. The molecule has 1 aromatic heterocycles. The maximum absolute atomic E-state index is 12.8. The third-order valence-electron chi connectivity index (χ3n) is 5.01. The second-order valence-electron chi connectivity index (χ2n) is 6.75. The Morgan fingerprint density at radius 1 is 1.14 bits per heavy atom. The highest BCUT2D eigenvalue weighted by molar-refractivity contribution is 6.10. The van der Waals surface area contributed by atoms with Gasteiger partial charge in [0.2, 0.25) is 0 Å². The summed E-state index contributed by atoms with van der Waals surface area (Å²) < 4.78 is 4.90. The number of hydrogen-bond acceptors (Lipinski definition) is 4. The Labute approximate surface area is 163 Å². The van der Waals surface area contributed by atoms with E-state index in [4.69, 9.17) is 4.74 Å². The monoisotopic (exact) mass is 375 g/mol. The van der Waals surface area contributed by atoms with Gasteiger partial charge in [-0.25, -0.2) is 4.79 Å². The zero-order chi connectivity index (χ0) is 19.5. The SMILES string of the molecule is Cc1ccncc1-c1cccc2c(C(=O)NCCN3CCOC3=O)cccc12. The first kappa shape index (κ1) is 18.0. The van der Waals surface area contributed by atoms with Crippen LogP contribution in [-0.4, -0.2) is 48.1 Å². The molecule has 2 amide bonds. The molecule has 0 atom stereocenters. The van der Waals surface area contributed by atoms with Gasteiger partial charge in [0.25, 0.3) is 5.91 Å². The molecule has 0 saturated carbocycles. The number of nitrogens with one attached hydrogen (secondary N) is 1. The summed E-state index contributed by atoms with van der Waals surface area (Å²) in [6, 6.07) is 13.7. The smallest absolute Gasteiger partial charge is 0.409 e. The van der Waals surface area contributed by atoms with E-state index in [1.807, 2.05) is 48.7 Å². The number of cyclic esters (lactones) is 1. The number of nitrogens with zero attached hydrogens (tertiary/aromatic N) is 2. The van der Waals surface area contributed by atoms with Crippen molar-refractivity contribution in [1.29, 1.82) is 0 Å². The fourth-order valence-corrected chi connectivity index (χ4v) is 3.52. The van der Waals surface area contributed by atoms with Crippen molar-refractivity contribution >= 4 is 22.8 Å². The Kier molecular flexibility index (Phi) is 4.93. The molecule has 1 saturated heterocycles. The van der Waals surface area contributed by atoms with Crippen molar-refractivity contribution in [2.75, 3.05) is 26.2 Å². The number of rotatable bonds is 5. The zero-order valence-corrected chi connectivity index (χ0v) is 15.6. The summed E-state index contributed by atoms with van der Waals surface area (Å²) >= 11 is 0. The lowest BCUT2D eigenvalue weighted by Crippen LogP contribution is -2.35. The van der Waals surface area contributed by atoms with E-state index in [0.29, 0.717) is 31.8 Å². The molecule has 6 heteroatoms. The van der Waals surface area contributed by atoms with Crippen molar-refractivity contribution < 1.29 is 14.3 Å². The van der Waals surface area contributed by atoms with Crippen molar-refractivity contribution in [3.63, 3.8) is 0 Å². The Morgan fingerprint density at radius 2 is 1.96 bits per heavy atom. The first-order valence-electron chi connectivity index (χ1n) is 9.28. The molecule has 1 N–H and O–H groups in total. The molecule has 2 heterocycles. The summed E-state index contributed by atoms with van der Waals surface area (Å²) in [6.45, 7) is 3.85. The molecule has 2 aromatic carbocycles. The van der Waals surface area contributed by atoms with Crippen LogP contribution in [-0.2, 0) is 4.74 Å². The van der Waals surface area contributed by atoms with Crippen LogP contribution in [0.3, 0.4) is 0 Å². The van der Waals surface area contributed by atoms with Gasteiger partial charge in [0.15, 0.2) is 0 Å². The third-order valence-corrected chi connectivity index (χ3v) is 5.01. The average molecular weight is 375 g/mol. The first-order valence-corrected chi connectivity index (χ1v) is 9.28. The quantitative estimate of drug-likeness (QED) is 0.742. The van der Waals surface area contributed by atoms with Crippen molar-refractivity contribution in [2.24, 2.45) is 0 Å². The third kappa shape index (κ3) is 3.41. The van der Waals surface area contributed by atoms with E-state index in [2.05, 4.69) is 17.2 Å². The largest absolute Gasteiger partial charge is 0.448 e. The van der Waals surface area contributed by atoms with Crippen LogP contribution >= 0.6 is 0 Å². The lowest BCUT2D eigenvalue weighted by Gasteiger charge is -2.14. The van der Waals surface area contributed by atoms with Gasteiger partial charge in [0, 0.05) is 36.6 Å². The molecule has 1 aliphatic heterocycles. The summed E-state index contributed by atoms with van der Waals surface area (Å²) in [5.74, 6) is -0.154. The Morgan fingerprint density at radius 3 is 2.75 bits per heavy atom. The molecule has 0 radical (unpaired) electrons. The summed E-state index contributed by atoms with van der Waals surface area (Å²) in [5, 5.41) is 4.81. The summed E-state index contributed by atoms with van der Waals surface area (Å²) in [5.41, 5.74) is 3.86. The van der Waals surface area contributed by atoms with E-state index < -0.39 is 0 Å². The molecule has 6 nitrogen and oxygen atoms in total. The van der Waals surface area contributed by atoms with E-state index in [1.54, 1.807) is 11.1 Å². The lowest BCUT2D eigenvalue weighted by molar-refractivity contribution is 0.0950. The number of pyridine rings is 1. The number of carbonyl (C=O) groups excluding carboxylic acids is 2. The molecule has 0 aliphatic carbocycles. The second kappa shape index (κ2) is 7.68. The molecule has 4 rings (SSSR count). The van der Waals surface area contributed by atoms with E-state index >= 15 is 0 Å². The number of carbonyl (C=O) groups is 2. The van der Waals surface area contributed by atoms with Crippen LogP contribution in [0, 0.1) is 6.92 Å². The van der Waals surface area contributed by atoms with Gasteiger partial charge in [0.1, 0.15) is 6.61 Å². The molecule has 0 bridgehead atoms.